The van der Waals surface area contributed by atoms with Gasteiger partial charge in [0.05, 0.1) is 11.0 Å². The molecule has 2 N–H and O–H groups in total. The van der Waals surface area contributed by atoms with Crippen molar-refractivity contribution in [3.8, 4) is 0 Å². The fourth-order valence-electron chi connectivity index (χ4n) is 2.71. The maximum Gasteiger partial charge on any atom is 0.191 e. The predicted molar refractivity (Wildman–Crippen MR) is 116 cm³/mol. The molecule has 3 aromatic rings. The summed E-state index contributed by atoms with van der Waals surface area (Å²) in [4.78, 5) is 9.33. The maximum atomic E-state index is 4.66. The average molecular weight is 467 g/mol. The monoisotopic (exact) mass is 467 g/mol. The van der Waals surface area contributed by atoms with Crippen molar-refractivity contribution in [1.29, 1.82) is 0 Å². The Morgan fingerprint density at radius 2 is 2.04 bits per heavy atom. The molecule has 0 atom stereocenters. The summed E-state index contributed by atoms with van der Waals surface area (Å²) >= 11 is 0. The third-order valence-electron chi connectivity index (χ3n) is 4.02. The molecular formula is C18H26IN7. The molecule has 0 fully saturated rings. The smallest absolute Gasteiger partial charge is 0.191 e. The Balaban J connectivity index is 0.00000243. The summed E-state index contributed by atoms with van der Waals surface area (Å²) in [6.45, 7) is 5.17. The van der Waals surface area contributed by atoms with E-state index in [0.29, 0.717) is 6.54 Å². The third-order valence-corrected chi connectivity index (χ3v) is 4.02. The van der Waals surface area contributed by atoms with Gasteiger partial charge >= 0.3 is 0 Å². The summed E-state index contributed by atoms with van der Waals surface area (Å²) < 4.78 is 4.03. The summed E-state index contributed by atoms with van der Waals surface area (Å²) in [7, 11) is 2.03. The van der Waals surface area contributed by atoms with Crippen molar-refractivity contribution in [2.75, 3.05) is 13.1 Å². The van der Waals surface area contributed by atoms with Crippen LogP contribution in [-0.2, 0) is 20.1 Å². The van der Waals surface area contributed by atoms with Crippen LogP contribution in [0.2, 0.25) is 0 Å². The van der Waals surface area contributed by atoms with Crippen molar-refractivity contribution in [3.05, 3.63) is 48.5 Å². The van der Waals surface area contributed by atoms with Crippen LogP contribution in [0, 0.1) is 0 Å². The number of benzene rings is 1. The number of nitrogens with zero attached hydrogens (tertiary/aromatic N) is 5. The Morgan fingerprint density at radius 3 is 2.77 bits per heavy atom. The van der Waals surface area contributed by atoms with Crippen LogP contribution in [0.5, 0.6) is 0 Å². The second-order valence-corrected chi connectivity index (χ2v) is 5.82. The van der Waals surface area contributed by atoms with Crippen molar-refractivity contribution in [2.24, 2.45) is 12.0 Å². The van der Waals surface area contributed by atoms with Crippen LogP contribution < -0.4 is 10.6 Å². The second-order valence-electron chi connectivity index (χ2n) is 5.82. The predicted octanol–water partition coefficient (Wildman–Crippen LogP) is 2.53. The molecule has 0 aliphatic heterocycles. The molecule has 0 saturated carbocycles. The lowest BCUT2D eigenvalue weighted by atomic mass is 10.3. The molecule has 3 rings (SSSR count). The van der Waals surface area contributed by atoms with Gasteiger partial charge in [0.2, 0.25) is 0 Å². The number of para-hydroxylation sites is 2. The lowest BCUT2D eigenvalue weighted by Gasteiger charge is -2.11. The lowest BCUT2D eigenvalue weighted by Crippen LogP contribution is -2.38. The Kier molecular flexibility index (Phi) is 7.89. The van der Waals surface area contributed by atoms with Gasteiger partial charge in [-0.1, -0.05) is 12.1 Å². The first-order chi connectivity index (χ1) is 12.3. The molecule has 8 heteroatoms. The van der Waals surface area contributed by atoms with Crippen molar-refractivity contribution in [2.45, 2.75) is 26.4 Å². The summed E-state index contributed by atoms with van der Waals surface area (Å²) in [5.41, 5.74) is 2.14. The SMILES string of the molecule is CCNC(=NCc1nc2ccccc2n1C)NCCCn1cccn1.I. The van der Waals surface area contributed by atoms with E-state index in [9.17, 15) is 0 Å². The van der Waals surface area contributed by atoms with Gasteiger partial charge in [-0.2, -0.15) is 5.10 Å². The lowest BCUT2D eigenvalue weighted by molar-refractivity contribution is 0.570. The molecule has 26 heavy (non-hydrogen) atoms. The van der Waals surface area contributed by atoms with E-state index in [0.717, 1.165) is 48.9 Å². The van der Waals surface area contributed by atoms with Gasteiger partial charge < -0.3 is 15.2 Å². The molecule has 140 valence electrons. The van der Waals surface area contributed by atoms with Gasteiger partial charge in [0.1, 0.15) is 12.4 Å². The molecule has 0 aliphatic carbocycles. The number of imidazole rings is 1. The number of aryl methyl sites for hydroxylation is 2. The molecule has 0 amide bonds. The fourth-order valence-corrected chi connectivity index (χ4v) is 2.71. The third kappa shape index (κ3) is 5.20. The van der Waals surface area contributed by atoms with Gasteiger partial charge in [0.15, 0.2) is 5.96 Å². The van der Waals surface area contributed by atoms with Crippen molar-refractivity contribution in [1.82, 2.24) is 30.0 Å². The number of fused-ring (bicyclic) bond motifs is 1. The van der Waals surface area contributed by atoms with Gasteiger partial charge in [-0.15, -0.1) is 24.0 Å². The Labute approximate surface area is 170 Å². The molecule has 0 aliphatic rings. The number of rotatable bonds is 7. The molecule has 1 aromatic carbocycles. The minimum absolute atomic E-state index is 0. The number of aromatic nitrogens is 4. The zero-order valence-corrected chi connectivity index (χ0v) is 17.6. The highest BCUT2D eigenvalue weighted by atomic mass is 127. The van der Waals surface area contributed by atoms with Crippen molar-refractivity contribution in [3.63, 3.8) is 0 Å². The van der Waals surface area contributed by atoms with E-state index in [2.05, 4.69) is 43.3 Å². The molecule has 0 spiro atoms. The van der Waals surface area contributed by atoms with Crippen LogP contribution in [0.4, 0.5) is 0 Å². The van der Waals surface area contributed by atoms with Gasteiger partial charge in [-0.25, -0.2) is 9.98 Å². The molecule has 2 aromatic heterocycles. The maximum absolute atomic E-state index is 4.66. The normalized spacial score (nSPS) is 11.4. The summed E-state index contributed by atoms with van der Waals surface area (Å²) in [5.74, 6) is 1.77. The standard InChI is InChI=1S/C18H25N7.HI/c1-3-19-18(20-10-6-12-25-13-7-11-22-25)21-14-17-23-15-8-4-5-9-16(15)24(17)2;/h4-5,7-9,11,13H,3,6,10,12,14H2,1-2H3,(H2,19,20,21);1H. The van der Waals surface area contributed by atoms with Gasteiger partial charge in [-0.05, 0) is 31.5 Å². The molecule has 0 radical (unpaired) electrons. The Bertz CT molecular complexity index is 823. The highest BCUT2D eigenvalue weighted by molar-refractivity contribution is 14.0. The largest absolute Gasteiger partial charge is 0.357 e. The minimum atomic E-state index is 0. The molecule has 2 heterocycles. The highest BCUT2D eigenvalue weighted by Gasteiger charge is 2.06. The number of nitrogens with one attached hydrogen (secondary N) is 2. The summed E-state index contributed by atoms with van der Waals surface area (Å²) in [6.07, 6.45) is 4.76. The average Bonchev–Trinajstić information content (AvgIpc) is 3.25. The molecule has 0 unspecified atom stereocenters. The molecule has 7 nitrogen and oxygen atoms in total. The first kappa shape index (κ1) is 20.2. The van der Waals surface area contributed by atoms with Crippen LogP contribution >= 0.6 is 24.0 Å². The summed E-state index contributed by atoms with van der Waals surface area (Å²) in [5, 5.41) is 10.9. The number of hydrogen-bond acceptors (Lipinski definition) is 3. The summed E-state index contributed by atoms with van der Waals surface area (Å²) in [6, 6.07) is 10.1. The van der Waals surface area contributed by atoms with E-state index in [4.69, 9.17) is 0 Å². The van der Waals surface area contributed by atoms with E-state index in [-0.39, 0.29) is 24.0 Å². The van der Waals surface area contributed by atoms with Crippen molar-refractivity contribution < 1.29 is 0 Å². The van der Waals surface area contributed by atoms with Crippen LogP contribution in [0.3, 0.4) is 0 Å². The number of halogens is 1. The van der Waals surface area contributed by atoms with Crippen LogP contribution in [0.15, 0.2) is 47.7 Å². The van der Waals surface area contributed by atoms with E-state index in [1.807, 2.05) is 42.2 Å². The minimum Gasteiger partial charge on any atom is -0.357 e. The zero-order chi connectivity index (χ0) is 17.5. The van der Waals surface area contributed by atoms with E-state index in [1.54, 1.807) is 6.20 Å². The van der Waals surface area contributed by atoms with Crippen LogP contribution in [0.25, 0.3) is 11.0 Å². The van der Waals surface area contributed by atoms with Crippen LogP contribution in [0.1, 0.15) is 19.2 Å². The van der Waals surface area contributed by atoms with E-state index >= 15 is 0 Å². The number of guanidine groups is 1. The fraction of sp³-hybridized carbons (Fsp3) is 0.389. The molecule has 0 bridgehead atoms. The second kappa shape index (κ2) is 10.1. The van der Waals surface area contributed by atoms with Gasteiger partial charge in [0.25, 0.3) is 0 Å². The molecule has 0 saturated heterocycles. The zero-order valence-electron chi connectivity index (χ0n) is 15.2. The number of aliphatic imine (C=N–C) groups is 1. The van der Waals surface area contributed by atoms with Gasteiger partial charge in [-0.3, -0.25) is 4.68 Å². The number of hydrogen-bond donors (Lipinski definition) is 2. The topological polar surface area (TPSA) is 72.1 Å². The quantitative estimate of drug-likeness (QED) is 0.243. The van der Waals surface area contributed by atoms with E-state index in [1.165, 1.54) is 0 Å². The molecular weight excluding hydrogens is 441 g/mol. The first-order valence-electron chi connectivity index (χ1n) is 8.68. The van der Waals surface area contributed by atoms with Crippen molar-refractivity contribution >= 4 is 41.0 Å². The van der Waals surface area contributed by atoms with Gasteiger partial charge in [0, 0.05) is 39.1 Å². The van der Waals surface area contributed by atoms with Crippen LogP contribution in [-0.4, -0.2) is 38.4 Å². The highest BCUT2D eigenvalue weighted by Crippen LogP contribution is 2.14. The first-order valence-corrected chi connectivity index (χ1v) is 8.68. The van der Waals surface area contributed by atoms with E-state index < -0.39 is 0 Å². The Hall–Kier alpha value is -2.10. The Morgan fingerprint density at radius 1 is 1.19 bits per heavy atom.